The van der Waals surface area contributed by atoms with Gasteiger partial charge in [0.05, 0.1) is 0 Å². The van der Waals surface area contributed by atoms with Crippen molar-refractivity contribution in [2.45, 2.75) is 25.3 Å². The third kappa shape index (κ3) is 0.623. The van der Waals surface area contributed by atoms with Crippen molar-refractivity contribution in [1.82, 2.24) is 5.32 Å². The Bertz CT molecular complexity index is 106. The number of hydrogen-bond acceptors (Lipinski definition) is 1. The highest BCUT2D eigenvalue weighted by atomic mass is 14.9. The molecule has 0 spiro atoms. The first-order valence-corrected chi connectivity index (χ1v) is 3.38. The van der Waals surface area contributed by atoms with Crippen molar-refractivity contribution in [3.63, 3.8) is 0 Å². The molecule has 0 aromatic rings. The summed E-state index contributed by atoms with van der Waals surface area (Å²) >= 11 is 0. The first-order valence-electron chi connectivity index (χ1n) is 3.38. The molecule has 1 saturated carbocycles. The minimum atomic E-state index is 0.815. The van der Waals surface area contributed by atoms with Crippen LogP contribution in [-0.2, 0) is 0 Å². The summed E-state index contributed by atoms with van der Waals surface area (Å²) in [5.41, 5.74) is 0. The molecule has 2 aliphatic rings. The maximum Gasteiger partial charge on any atom is 0.0318 e. The van der Waals surface area contributed by atoms with Crippen molar-refractivity contribution in [3.05, 3.63) is 12.3 Å². The summed E-state index contributed by atoms with van der Waals surface area (Å²) in [6.07, 6.45) is 8.50. The molecule has 0 amide bonds. The van der Waals surface area contributed by atoms with E-state index in [0.29, 0.717) is 0 Å². The van der Waals surface area contributed by atoms with Crippen molar-refractivity contribution in [2.24, 2.45) is 5.92 Å². The topological polar surface area (TPSA) is 12.0 Å². The molecular weight excluding hydrogens is 98.1 g/mol. The normalized spacial score (nSPS) is 35.2. The first-order chi connectivity index (χ1) is 3.97. The molecule has 1 N–H and O–H groups in total. The van der Waals surface area contributed by atoms with E-state index in [4.69, 9.17) is 0 Å². The molecule has 1 unspecified atom stereocenters. The van der Waals surface area contributed by atoms with Crippen LogP contribution in [-0.4, -0.2) is 6.04 Å². The monoisotopic (exact) mass is 109 g/mol. The molecule has 0 saturated heterocycles. The summed E-state index contributed by atoms with van der Waals surface area (Å²) in [6, 6.07) is 0.815. The van der Waals surface area contributed by atoms with Gasteiger partial charge in [-0.3, -0.25) is 0 Å². The van der Waals surface area contributed by atoms with Crippen molar-refractivity contribution in [3.8, 4) is 0 Å². The van der Waals surface area contributed by atoms with Gasteiger partial charge in [-0.1, -0.05) is 6.08 Å². The second kappa shape index (κ2) is 1.51. The lowest BCUT2D eigenvalue weighted by molar-refractivity contribution is 0.556. The van der Waals surface area contributed by atoms with Gasteiger partial charge in [0.15, 0.2) is 0 Å². The summed E-state index contributed by atoms with van der Waals surface area (Å²) in [6.45, 7) is 0. The minimum absolute atomic E-state index is 0.815. The average molecular weight is 109 g/mol. The molecular formula is C7H11N. The second-order valence-electron chi connectivity index (χ2n) is 2.75. The summed E-state index contributed by atoms with van der Waals surface area (Å²) in [7, 11) is 0. The van der Waals surface area contributed by atoms with Gasteiger partial charge in [-0.15, -0.1) is 0 Å². The Kier molecular flexibility index (Phi) is 0.833. The molecule has 44 valence electrons. The van der Waals surface area contributed by atoms with Crippen LogP contribution in [0.25, 0.3) is 0 Å². The number of hydrogen-bond donors (Lipinski definition) is 1. The molecule has 0 bridgehead atoms. The lowest BCUT2D eigenvalue weighted by atomic mass is 10.1. The van der Waals surface area contributed by atoms with Crippen molar-refractivity contribution in [1.29, 1.82) is 0 Å². The molecule has 1 heterocycles. The highest BCUT2D eigenvalue weighted by Gasteiger charge is 2.30. The molecule has 8 heavy (non-hydrogen) atoms. The molecule has 1 atom stereocenters. The van der Waals surface area contributed by atoms with Gasteiger partial charge in [0.2, 0.25) is 0 Å². The van der Waals surface area contributed by atoms with Crippen LogP contribution in [0.5, 0.6) is 0 Å². The zero-order valence-corrected chi connectivity index (χ0v) is 4.93. The molecule has 0 aromatic carbocycles. The van der Waals surface area contributed by atoms with E-state index in [1.165, 1.54) is 19.3 Å². The van der Waals surface area contributed by atoms with Crippen molar-refractivity contribution >= 4 is 0 Å². The zero-order valence-electron chi connectivity index (χ0n) is 4.93. The van der Waals surface area contributed by atoms with Gasteiger partial charge in [0.25, 0.3) is 0 Å². The molecule has 1 aliphatic heterocycles. The Morgan fingerprint density at radius 3 is 2.75 bits per heavy atom. The quantitative estimate of drug-likeness (QED) is 0.534. The first kappa shape index (κ1) is 4.42. The smallest absolute Gasteiger partial charge is 0.0318 e. The summed E-state index contributed by atoms with van der Waals surface area (Å²) in [4.78, 5) is 0. The third-order valence-corrected chi connectivity index (χ3v) is 2.01. The van der Waals surface area contributed by atoms with Gasteiger partial charge in [0, 0.05) is 6.04 Å². The van der Waals surface area contributed by atoms with Crippen LogP contribution in [0.1, 0.15) is 19.3 Å². The molecule has 2 rings (SSSR count). The lowest BCUT2D eigenvalue weighted by Gasteiger charge is -2.06. The fourth-order valence-corrected chi connectivity index (χ4v) is 1.30. The summed E-state index contributed by atoms with van der Waals surface area (Å²) < 4.78 is 0. The minimum Gasteiger partial charge on any atom is -0.388 e. The van der Waals surface area contributed by atoms with E-state index in [1.54, 1.807) is 0 Å². The van der Waals surface area contributed by atoms with Gasteiger partial charge in [-0.05, 0) is 31.4 Å². The highest BCUT2D eigenvalue weighted by molar-refractivity contribution is 5.01. The van der Waals surface area contributed by atoms with Gasteiger partial charge in [-0.25, -0.2) is 0 Å². The van der Waals surface area contributed by atoms with E-state index < -0.39 is 0 Å². The number of nitrogens with one attached hydrogen (secondary N) is 1. The van der Waals surface area contributed by atoms with Crippen LogP contribution < -0.4 is 5.32 Å². The SMILES string of the molecule is C1=CNC(C2CC2)C1. The standard InChI is InChI=1S/C7H11N/c1-2-7(8-5-1)6-3-4-6/h1,5-8H,2-4H2. The highest BCUT2D eigenvalue weighted by Crippen LogP contribution is 2.35. The Hall–Kier alpha value is -0.460. The van der Waals surface area contributed by atoms with E-state index in [9.17, 15) is 0 Å². The molecule has 1 aliphatic carbocycles. The maximum absolute atomic E-state index is 3.34. The van der Waals surface area contributed by atoms with Gasteiger partial charge >= 0.3 is 0 Å². The Morgan fingerprint density at radius 1 is 1.38 bits per heavy atom. The molecule has 1 fully saturated rings. The van der Waals surface area contributed by atoms with E-state index in [1.807, 2.05) is 0 Å². The zero-order chi connectivity index (χ0) is 5.40. The van der Waals surface area contributed by atoms with E-state index in [2.05, 4.69) is 17.6 Å². The van der Waals surface area contributed by atoms with Gasteiger partial charge < -0.3 is 5.32 Å². The molecule has 1 heteroatoms. The average Bonchev–Trinajstić information content (AvgIpc) is 2.49. The predicted octanol–water partition coefficient (Wildman–Crippen LogP) is 1.27. The molecule has 0 aromatic heterocycles. The van der Waals surface area contributed by atoms with Crippen molar-refractivity contribution in [2.75, 3.05) is 0 Å². The summed E-state index contributed by atoms with van der Waals surface area (Å²) in [5, 5.41) is 3.34. The van der Waals surface area contributed by atoms with Crippen LogP contribution >= 0.6 is 0 Å². The van der Waals surface area contributed by atoms with Crippen molar-refractivity contribution < 1.29 is 0 Å². The van der Waals surface area contributed by atoms with Crippen LogP contribution in [0.4, 0.5) is 0 Å². The van der Waals surface area contributed by atoms with Crippen LogP contribution in [0.3, 0.4) is 0 Å². The van der Waals surface area contributed by atoms with Crippen LogP contribution in [0.2, 0.25) is 0 Å². The maximum atomic E-state index is 3.34. The fraction of sp³-hybridized carbons (Fsp3) is 0.714. The second-order valence-corrected chi connectivity index (χ2v) is 2.75. The fourth-order valence-electron chi connectivity index (χ4n) is 1.30. The van der Waals surface area contributed by atoms with E-state index in [0.717, 1.165) is 12.0 Å². The number of rotatable bonds is 1. The predicted molar refractivity (Wildman–Crippen MR) is 33.4 cm³/mol. The van der Waals surface area contributed by atoms with E-state index >= 15 is 0 Å². The van der Waals surface area contributed by atoms with Gasteiger partial charge in [-0.2, -0.15) is 0 Å². The Balaban J connectivity index is 1.90. The lowest BCUT2D eigenvalue weighted by Crippen LogP contribution is -2.20. The van der Waals surface area contributed by atoms with Gasteiger partial charge in [0.1, 0.15) is 0 Å². The summed E-state index contributed by atoms with van der Waals surface area (Å²) in [5.74, 6) is 1.02. The molecule has 0 radical (unpaired) electrons. The van der Waals surface area contributed by atoms with Crippen LogP contribution in [0, 0.1) is 5.92 Å². The Labute approximate surface area is 49.8 Å². The Morgan fingerprint density at radius 2 is 2.25 bits per heavy atom. The largest absolute Gasteiger partial charge is 0.388 e. The molecule has 1 nitrogen and oxygen atoms in total. The third-order valence-electron chi connectivity index (χ3n) is 2.01. The van der Waals surface area contributed by atoms with Crippen LogP contribution in [0.15, 0.2) is 12.3 Å². The van der Waals surface area contributed by atoms with E-state index in [-0.39, 0.29) is 0 Å².